The smallest absolute Gasteiger partial charge is 0.246 e. The molecule has 0 aromatic carbocycles. The monoisotopic (exact) mass is 205 g/mol. The quantitative estimate of drug-likeness (QED) is 0.530. The molecule has 0 radical (unpaired) electrons. The highest BCUT2D eigenvalue weighted by atomic mass is 31.1. The van der Waals surface area contributed by atoms with Crippen molar-refractivity contribution >= 4 is 13.9 Å². The molecule has 0 rings (SSSR count). The molecule has 0 heterocycles. The summed E-state index contributed by atoms with van der Waals surface area (Å²) in [6.07, 6.45) is 0.0800. The fourth-order valence-electron chi connectivity index (χ4n) is 0.836. The number of amides is 1. The molecule has 1 amide bonds. The lowest BCUT2D eigenvalue weighted by Gasteiger charge is -2.24. The highest BCUT2D eigenvalue weighted by molar-refractivity contribution is 7.38. The van der Waals surface area contributed by atoms with E-state index in [1.54, 1.807) is 20.8 Å². The fourth-order valence-corrected chi connectivity index (χ4v) is 1.68. The molecule has 0 aromatic heterocycles. The van der Waals surface area contributed by atoms with E-state index in [0.29, 0.717) is 5.57 Å². The molecular formula is C8H16NO3P. The second-order valence-corrected chi connectivity index (χ2v) is 4.83. The summed E-state index contributed by atoms with van der Waals surface area (Å²) in [5, 5.41) is 2.61. The molecule has 0 aliphatic heterocycles. The van der Waals surface area contributed by atoms with Gasteiger partial charge in [-0.15, -0.1) is 0 Å². The molecule has 1 unspecified atom stereocenters. The van der Waals surface area contributed by atoms with Gasteiger partial charge >= 0.3 is 0 Å². The Balaban J connectivity index is 4.24. The van der Waals surface area contributed by atoms with Crippen LogP contribution in [0.5, 0.6) is 0 Å². The minimum absolute atomic E-state index is 0.0800. The summed E-state index contributed by atoms with van der Waals surface area (Å²) in [6.45, 7) is 8.47. The normalized spacial score (nSPS) is 13.5. The maximum absolute atomic E-state index is 11.2. The molecule has 0 aromatic rings. The molecule has 4 nitrogen and oxygen atoms in total. The van der Waals surface area contributed by atoms with Crippen LogP contribution in [0.15, 0.2) is 12.2 Å². The summed E-state index contributed by atoms with van der Waals surface area (Å²) in [6, 6.07) is 0. The fraction of sp³-hybridized carbons (Fsp3) is 0.625. The van der Waals surface area contributed by atoms with Gasteiger partial charge in [0.25, 0.3) is 0 Å². The van der Waals surface area contributed by atoms with Crippen LogP contribution in [-0.2, 0) is 9.36 Å². The highest BCUT2D eigenvalue weighted by Gasteiger charge is 2.22. The Morgan fingerprint density at radius 1 is 1.62 bits per heavy atom. The number of hydrogen-bond acceptors (Lipinski definition) is 2. The third-order valence-corrected chi connectivity index (χ3v) is 2.62. The van der Waals surface area contributed by atoms with E-state index >= 15 is 0 Å². The topological polar surface area (TPSA) is 66.4 Å². The number of nitrogens with one attached hydrogen (secondary N) is 1. The van der Waals surface area contributed by atoms with Crippen LogP contribution in [0, 0.1) is 0 Å². The summed E-state index contributed by atoms with van der Waals surface area (Å²) in [5.41, 5.74) is -0.258. The van der Waals surface area contributed by atoms with Crippen LogP contribution in [0.25, 0.3) is 0 Å². The summed E-state index contributed by atoms with van der Waals surface area (Å²) in [5.74, 6) is -0.284. The van der Waals surface area contributed by atoms with E-state index in [2.05, 4.69) is 11.9 Å². The lowest BCUT2D eigenvalue weighted by atomic mass is 10.1. The zero-order chi connectivity index (χ0) is 10.6. The third kappa shape index (κ3) is 5.61. The Morgan fingerprint density at radius 3 is 2.38 bits per heavy atom. The van der Waals surface area contributed by atoms with Crippen LogP contribution in [0.4, 0.5) is 0 Å². The molecule has 76 valence electrons. The van der Waals surface area contributed by atoms with E-state index in [4.69, 9.17) is 4.89 Å². The van der Waals surface area contributed by atoms with Crippen LogP contribution in [0.2, 0.25) is 0 Å². The van der Waals surface area contributed by atoms with Gasteiger partial charge in [-0.2, -0.15) is 0 Å². The first kappa shape index (κ1) is 12.4. The first-order chi connectivity index (χ1) is 5.74. The minimum atomic E-state index is -2.56. The number of rotatable bonds is 4. The van der Waals surface area contributed by atoms with Gasteiger partial charge in [-0.1, -0.05) is 6.58 Å². The van der Waals surface area contributed by atoms with Gasteiger partial charge in [0.2, 0.25) is 5.91 Å². The predicted octanol–water partition coefficient (Wildman–Crippen LogP) is 0.924. The summed E-state index contributed by atoms with van der Waals surface area (Å²) < 4.78 is 10.6. The van der Waals surface area contributed by atoms with Gasteiger partial charge in [0.15, 0.2) is 8.03 Å². The van der Waals surface area contributed by atoms with E-state index in [1.807, 2.05) is 0 Å². The van der Waals surface area contributed by atoms with Crippen molar-refractivity contribution in [2.75, 3.05) is 6.16 Å². The van der Waals surface area contributed by atoms with Crippen LogP contribution in [0.1, 0.15) is 20.8 Å². The van der Waals surface area contributed by atoms with Crippen LogP contribution in [-0.4, -0.2) is 22.5 Å². The van der Waals surface area contributed by atoms with Gasteiger partial charge < -0.3 is 10.2 Å². The lowest BCUT2D eigenvalue weighted by molar-refractivity contribution is -0.118. The van der Waals surface area contributed by atoms with Gasteiger partial charge in [0.05, 0.1) is 0 Å². The van der Waals surface area contributed by atoms with Crippen LogP contribution >= 0.6 is 8.03 Å². The van der Waals surface area contributed by atoms with Crippen molar-refractivity contribution in [3.05, 3.63) is 12.2 Å². The molecule has 2 N–H and O–H groups in total. The number of hydrogen-bond donors (Lipinski definition) is 2. The largest absolute Gasteiger partial charge is 0.347 e. The third-order valence-electron chi connectivity index (χ3n) is 1.43. The second-order valence-electron chi connectivity index (χ2n) is 3.69. The van der Waals surface area contributed by atoms with E-state index in [-0.39, 0.29) is 12.1 Å². The van der Waals surface area contributed by atoms with Crippen molar-refractivity contribution in [3.63, 3.8) is 0 Å². The maximum atomic E-state index is 11.2. The van der Waals surface area contributed by atoms with Crippen LogP contribution in [0.3, 0.4) is 0 Å². The minimum Gasteiger partial charge on any atom is -0.347 e. The second kappa shape index (κ2) is 4.58. The molecule has 13 heavy (non-hydrogen) atoms. The Hall–Kier alpha value is -0.600. The maximum Gasteiger partial charge on any atom is 0.246 e. The Kier molecular flexibility index (Phi) is 4.37. The van der Waals surface area contributed by atoms with Crippen molar-refractivity contribution in [2.24, 2.45) is 0 Å². The number of carbonyl (C=O) groups is 1. The molecule has 1 atom stereocenters. The Morgan fingerprint density at radius 2 is 2.08 bits per heavy atom. The van der Waals surface area contributed by atoms with Crippen molar-refractivity contribution in [2.45, 2.75) is 26.3 Å². The highest BCUT2D eigenvalue weighted by Crippen LogP contribution is 2.20. The molecule has 0 bridgehead atoms. The van der Waals surface area contributed by atoms with E-state index < -0.39 is 13.6 Å². The van der Waals surface area contributed by atoms with E-state index in [0.717, 1.165) is 0 Å². The Labute approximate surface area is 78.9 Å². The summed E-state index contributed by atoms with van der Waals surface area (Å²) >= 11 is 0. The molecule has 0 spiro atoms. The van der Waals surface area contributed by atoms with Crippen molar-refractivity contribution in [3.8, 4) is 0 Å². The van der Waals surface area contributed by atoms with Gasteiger partial charge in [-0.05, 0) is 20.8 Å². The van der Waals surface area contributed by atoms with Crippen molar-refractivity contribution in [1.29, 1.82) is 0 Å². The first-order valence-corrected chi connectivity index (χ1v) is 5.51. The van der Waals surface area contributed by atoms with Crippen molar-refractivity contribution in [1.82, 2.24) is 5.32 Å². The molecule has 0 aliphatic carbocycles. The van der Waals surface area contributed by atoms with Gasteiger partial charge in [0, 0.05) is 17.3 Å². The molecule has 0 aliphatic rings. The summed E-state index contributed by atoms with van der Waals surface area (Å²) in [4.78, 5) is 19.9. The zero-order valence-corrected chi connectivity index (χ0v) is 9.18. The number of carbonyl (C=O) groups excluding carboxylic acids is 1. The van der Waals surface area contributed by atoms with Crippen molar-refractivity contribution < 1.29 is 14.3 Å². The van der Waals surface area contributed by atoms with Gasteiger partial charge in [0.1, 0.15) is 0 Å². The molecule has 5 heteroatoms. The van der Waals surface area contributed by atoms with E-state index in [9.17, 15) is 9.36 Å². The lowest BCUT2D eigenvalue weighted by Crippen LogP contribution is -2.45. The summed E-state index contributed by atoms with van der Waals surface area (Å²) in [7, 11) is -2.56. The molecule has 0 saturated carbocycles. The molecule has 0 fully saturated rings. The first-order valence-electron chi connectivity index (χ1n) is 3.94. The molecule has 0 saturated heterocycles. The SMILES string of the molecule is C=C(C)C(=O)NC(C)(C)C[PH](=O)O. The van der Waals surface area contributed by atoms with Gasteiger partial charge in [-0.3, -0.25) is 9.36 Å². The standard InChI is InChI=1S/C8H16NO3P/c1-6(2)7(10)9-8(3,4)5-13(11)12/h13H,1,5H2,2-4H3,(H,9,10)(H,11,12). The van der Waals surface area contributed by atoms with E-state index in [1.165, 1.54) is 0 Å². The average molecular weight is 205 g/mol. The zero-order valence-electron chi connectivity index (χ0n) is 8.18. The molecular weight excluding hydrogens is 189 g/mol. The van der Waals surface area contributed by atoms with Gasteiger partial charge in [-0.25, -0.2) is 0 Å². The Bertz CT molecular complexity index is 248. The van der Waals surface area contributed by atoms with Crippen LogP contribution < -0.4 is 5.32 Å². The predicted molar refractivity (Wildman–Crippen MR) is 53.1 cm³/mol. The average Bonchev–Trinajstić information content (AvgIpc) is 1.81.